The van der Waals surface area contributed by atoms with Crippen molar-refractivity contribution in [3.8, 4) is 5.75 Å². The fraction of sp³-hybridized carbons (Fsp3) is 0.652. The number of rotatable bonds is 3. The van der Waals surface area contributed by atoms with E-state index in [0.717, 1.165) is 12.5 Å². The number of fused-ring (bicyclic) bond motifs is 1. The van der Waals surface area contributed by atoms with E-state index in [1.165, 1.54) is 12.1 Å². The highest BCUT2D eigenvalue weighted by molar-refractivity contribution is 5.81. The summed E-state index contributed by atoms with van der Waals surface area (Å²) in [7, 11) is 0. The molecule has 0 unspecified atom stereocenters. The lowest BCUT2D eigenvalue weighted by molar-refractivity contribution is -0.140. The maximum atomic E-state index is 13.4. The molecule has 0 bridgehead atoms. The largest absolute Gasteiger partial charge is 0.487 e. The third-order valence-corrected chi connectivity index (χ3v) is 6.98. The number of amides is 2. The minimum absolute atomic E-state index is 0.0440. The van der Waals surface area contributed by atoms with Gasteiger partial charge in [-0.3, -0.25) is 4.79 Å². The third kappa shape index (κ3) is 4.49. The molecule has 0 saturated carbocycles. The second-order valence-corrected chi connectivity index (χ2v) is 9.70. The fourth-order valence-corrected chi connectivity index (χ4v) is 5.19. The molecule has 7 nitrogen and oxygen atoms in total. The van der Waals surface area contributed by atoms with E-state index in [9.17, 15) is 22.8 Å². The predicted molar refractivity (Wildman–Crippen MR) is 113 cm³/mol. The molecule has 0 spiro atoms. The van der Waals surface area contributed by atoms with Gasteiger partial charge in [0.25, 0.3) is 0 Å². The molecule has 0 radical (unpaired) electrons. The van der Waals surface area contributed by atoms with Crippen LogP contribution in [0.4, 0.5) is 23.7 Å². The number of nitrogens with zero attached hydrogens (tertiary/aromatic N) is 3. The van der Waals surface area contributed by atoms with Crippen LogP contribution in [-0.2, 0) is 15.7 Å². The molecule has 10 heteroatoms. The Kier molecular flexibility index (Phi) is 5.66. The summed E-state index contributed by atoms with van der Waals surface area (Å²) in [6.45, 7) is 5.22. The normalized spacial score (nSPS) is 26.5. The second-order valence-electron chi connectivity index (χ2n) is 9.70. The molecule has 4 aliphatic rings. The number of hydrogen-bond donors (Lipinski definition) is 0. The number of hydrogen-bond acceptors (Lipinski definition) is 5. The first-order valence-corrected chi connectivity index (χ1v) is 11.5. The van der Waals surface area contributed by atoms with Crippen molar-refractivity contribution in [1.82, 2.24) is 9.80 Å². The molecule has 0 aliphatic carbocycles. The quantitative estimate of drug-likeness (QED) is 0.684. The van der Waals surface area contributed by atoms with Crippen molar-refractivity contribution >= 4 is 17.5 Å². The van der Waals surface area contributed by atoms with Crippen molar-refractivity contribution in [2.24, 2.45) is 11.8 Å². The van der Waals surface area contributed by atoms with Crippen LogP contribution in [0.2, 0.25) is 0 Å². The van der Waals surface area contributed by atoms with Crippen LogP contribution in [0.5, 0.6) is 5.75 Å². The van der Waals surface area contributed by atoms with Crippen LogP contribution < -0.4 is 9.64 Å². The molecular weight excluding hydrogens is 439 g/mol. The first kappa shape index (κ1) is 22.3. The van der Waals surface area contributed by atoms with E-state index in [-0.39, 0.29) is 42.2 Å². The van der Waals surface area contributed by atoms with Gasteiger partial charge in [0.2, 0.25) is 0 Å². The number of ketones is 1. The number of halogens is 3. The Balaban J connectivity index is 1.17. The van der Waals surface area contributed by atoms with E-state index in [4.69, 9.17) is 9.47 Å². The summed E-state index contributed by atoms with van der Waals surface area (Å²) in [5, 5.41) is 0. The van der Waals surface area contributed by atoms with Gasteiger partial charge < -0.3 is 24.2 Å². The highest BCUT2D eigenvalue weighted by atomic mass is 19.4. The highest BCUT2D eigenvalue weighted by Crippen LogP contribution is 2.41. The Morgan fingerprint density at radius 2 is 1.88 bits per heavy atom. The SMILES string of the molecule is CC1CN(c2cc(OC3CN(C(=O)N4CC[C@@H]5OCC(=O)C[C@@H]5C4)C3)ccc2C(F)(F)F)C1. The van der Waals surface area contributed by atoms with Gasteiger partial charge in [-0.1, -0.05) is 6.92 Å². The van der Waals surface area contributed by atoms with Gasteiger partial charge >= 0.3 is 12.2 Å². The number of carbonyl (C=O) groups is 2. The zero-order chi connectivity index (χ0) is 23.3. The maximum Gasteiger partial charge on any atom is 0.418 e. The van der Waals surface area contributed by atoms with E-state index in [1.54, 1.807) is 14.7 Å². The van der Waals surface area contributed by atoms with Gasteiger partial charge in [0.1, 0.15) is 18.5 Å². The molecule has 180 valence electrons. The van der Waals surface area contributed by atoms with Crippen molar-refractivity contribution in [1.29, 1.82) is 0 Å². The summed E-state index contributed by atoms with van der Waals surface area (Å²) in [5.74, 6) is 0.872. The summed E-state index contributed by atoms with van der Waals surface area (Å²) in [6.07, 6.45) is -3.46. The van der Waals surface area contributed by atoms with E-state index >= 15 is 0 Å². The number of benzene rings is 1. The average Bonchev–Trinajstić information content (AvgIpc) is 2.71. The number of piperidine rings is 1. The van der Waals surface area contributed by atoms with Crippen LogP contribution in [0, 0.1) is 11.8 Å². The molecule has 4 heterocycles. The van der Waals surface area contributed by atoms with Gasteiger partial charge in [-0.15, -0.1) is 0 Å². The third-order valence-electron chi connectivity index (χ3n) is 6.98. The zero-order valence-corrected chi connectivity index (χ0v) is 18.5. The van der Waals surface area contributed by atoms with Crippen molar-refractivity contribution in [2.45, 2.75) is 38.1 Å². The molecule has 5 rings (SSSR count). The smallest absolute Gasteiger partial charge is 0.418 e. The van der Waals surface area contributed by atoms with Crippen molar-refractivity contribution in [2.75, 3.05) is 50.8 Å². The summed E-state index contributed by atoms with van der Waals surface area (Å²) in [5.41, 5.74) is -0.502. The monoisotopic (exact) mass is 467 g/mol. The minimum Gasteiger partial charge on any atom is -0.487 e. The summed E-state index contributed by atoms with van der Waals surface area (Å²) < 4.78 is 51.8. The number of urea groups is 1. The van der Waals surface area contributed by atoms with E-state index in [1.807, 2.05) is 6.92 Å². The Morgan fingerprint density at radius 1 is 1.12 bits per heavy atom. The van der Waals surface area contributed by atoms with Gasteiger partial charge in [0, 0.05) is 44.6 Å². The van der Waals surface area contributed by atoms with Gasteiger partial charge in [-0.2, -0.15) is 13.2 Å². The first-order chi connectivity index (χ1) is 15.7. The Labute approximate surface area is 190 Å². The molecule has 2 atom stereocenters. The fourth-order valence-electron chi connectivity index (χ4n) is 5.19. The number of Topliss-reactive ketones (excluding diaryl/α,β-unsaturated/α-hetero) is 1. The van der Waals surface area contributed by atoms with Crippen LogP contribution in [0.15, 0.2) is 18.2 Å². The summed E-state index contributed by atoms with van der Waals surface area (Å²) >= 11 is 0. The molecule has 4 aliphatic heterocycles. The van der Waals surface area contributed by atoms with E-state index < -0.39 is 11.7 Å². The second kappa shape index (κ2) is 8.38. The zero-order valence-electron chi connectivity index (χ0n) is 18.5. The van der Waals surface area contributed by atoms with Crippen LogP contribution in [0.25, 0.3) is 0 Å². The van der Waals surface area contributed by atoms with Crippen LogP contribution in [-0.4, -0.2) is 79.7 Å². The summed E-state index contributed by atoms with van der Waals surface area (Å²) in [4.78, 5) is 29.7. The van der Waals surface area contributed by atoms with Crippen LogP contribution in [0.3, 0.4) is 0 Å². The first-order valence-electron chi connectivity index (χ1n) is 11.5. The number of likely N-dealkylation sites (tertiary alicyclic amines) is 2. The molecule has 33 heavy (non-hydrogen) atoms. The Hall–Kier alpha value is -2.49. The van der Waals surface area contributed by atoms with Crippen molar-refractivity contribution in [3.05, 3.63) is 23.8 Å². The molecule has 1 aromatic carbocycles. The van der Waals surface area contributed by atoms with Crippen LogP contribution >= 0.6 is 0 Å². The Bertz CT molecular complexity index is 928. The number of anilines is 1. The highest BCUT2D eigenvalue weighted by Gasteiger charge is 2.41. The topological polar surface area (TPSA) is 62.3 Å². The summed E-state index contributed by atoms with van der Waals surface area (Å²) in [6, 6.07) is 3.80. The van der Waals surface area contributed by atoms with Gasteiger partial charge in [-0.25, -0.2) is 4.79 Å². The molecule has 2 amide bonds. The standard InChI is InChI=1S/C23H28F3N3O4/c1-14-8-28(9-14)20-7-17(2-3-19(20)23(24,25)26)33-18-11-29(12-18)22(31)27-5-4-21-15(10-27)6-16(30)13-32-21/h2-3,7,14-15,18,21H,4-6,8-13H2,1H3/t15-,21+/m1/s1. The molecule has 0 N–H and O–H groups in total. The molecule has 4 fully saturated rings. The number of alkyl halides is 3. The molecule has 1 aromatic rings. The van der Waals surface area contributed by atoms with Crippen molar-refractivity contribution in [3.63, 3.8) is 0 Å². The van der Waals surface area contributed by atoms with E-state index in [2.05, 4.69) is 0 Å². The molecular formula is C23H28F3N3O4. The number of ether oxygens (including phenoxy) is 2. The predicted octanol–water partition coefficient (Wildman–Crippen LogP) is 3.02. The molecule has 0 aromatic heterocycles. The van der Waals surface area contributed by atoms with Crippen LogP contribution in [0.1, 0.15) is 25.3 Å². The van der Waals surface area contributed by atoms with E-state index in [0.29, 0.717) is 57.4 Å². The average molecular weight is 467 g/mol. The lowest BCUT2D eigenvalue weighted by Crippen LogP contribution is -2.61. The van der Waals surface area contributed by atoms with Gasteiger partial charge in [0.15, 0.2) is 5.78 Å². The van der Waals surface area contributed by atoms with Gasteiger partial charge in [-0.05, 0) is 24.5 Å². The Morgan fingerprint density at radius 3 is 2.58 bits per heavy atom. The van der Waals surface area contributed by atoms with Gasteiger partial charge in [0.05, 0.1) is 30.4 Å². The minimum atomic E-state index is -4.42. The van der Waals surface area contributed by atoms with Crippen molar-refractivity contribution < 1.29 is 32.2 Å². The number of carbonyl (C=O) groups excluding carboxylic acids is 2. The lowest BCUT2D eigenvalue weighted by atomic mass is 9.88. The lowest BCUT2D eigenvalue weighted by Gasteiger charge is -2.45. The maximum absolute atomic E-state index is 13.4. The molecule has 4 saturated heterocycles.